The molecule has 0 saturated carbocycles. The molecule has 2 aliphatic rings. The standard InChI is InChI=1S/C24H23N3O5/c28-22(20-4-1-2-10-26(20)24(30)21-5-3-12-32-21)25-18-6-7-19-16(14-18)8-11-27(19)23(29)17-9-13-31-15-17/h3,5-7,9,12-15,20H,1-2,4,8,10-11H2,(H,25,28). The van der Waals surface area contributed by atoms with Gasteiger partial charge in [-0.25, -0.2) is 0 Å². The molecule has 8 nitrogen and oxygen atoms in total. The van der Waals surface area contributed by atoms with Gasteiger partial charge in [0.25, 0.3) is 11.8 Å². The zero-order valence-corrected chi connectivity index (χ0v) is 17.5. The van der Waals surface area contributed by atoms with Crippen LogP contribution >= 0.6 is 0 Å². The molecule has 0 radical (unpaired) electrons. The molecule has 3 amide bonds. The summed E-state index contributed by atoms with van der Waals surface area (Å²) in [7, 11) is 0. The molecule has 0 bridgehead atoms. The molecular weight excluding hydrogens is 410 g/mol. The van der Waals surface area contributed by atoms with Gasteiger partial charge in [0.15, 0.2) is 5.76 Å². The Kier molecular flexibility index (Phi) is 5.26. The number of carbonyl (C=O) groups is 3. The normalized spacial score (nSPS) is 17.8. The van der Waals surface area contributed by atoms with Crippen molar-refractivity contribution in [2.24, 2.45) is 0 Å². The second-order valence-corrected chi connectivity index (χ2v) is 8.04. The number of furan rings is 2. The van der Waals surface area contributed by atoms with Gasteiger partial charge in [-0.05, 0) is 67.6 Å². The Morgan fingerprint density at radius 3 is 2.69 bits per heavy atom. The molecule has 1 N–H and O–H groups in total. The Labute approximate surface area is 184 Å². The van der Waals surface area contributed by atoms with E-state index in [9.17, 15) is 14.4 Å². The minimum Gasteiger partial charge on any atom is -0.472 e. The molecule has 0 spiro atoms. The van der Waals surface area contributed by atoms with E-state index in [-0.39, 0.29) is 23.5 Å². The third-order valence-electron chi connectivity index (χ3n) is 6.05. The molecule has 0 aliphatic carbocycles. The summed E-state index contributed by atoms with van der Waals surface area (Å²) < 4.78 is 10.3. The van der Waals surface area contributed by atoms with Crippen LogP contribution < -0.4 is 10.2 Å². The van der Waals surface area contributed by atoms with Gasteiger partial charge in [-0.15, -0.1) is 0 Å². The van der Waals surface area contributed by atoms with Crippen LogP contribution in [0.5, 0.6) is 0 Å². The Morgan fingerprint density at radius 2 is 1.91 bits per heavy atom. The van der Waals surface area contributed by atoms with Crippen LogP contribution in [0.15, 0.2) is 64.0 Å². The van der Waals surface area contributed by atoms with E-state index in [2.05, 4.69) is 5.32 Å². The smallest absolute Gasteiger partial charge is 0.290 e. The highest BCUT2D eigenvalue weighted by atomic mass is 16.3. The van der Waals surface area contributed by atoms with Gasteiger partial charge < -0.3 is 24.0 Å². The summed E-state index contributed by atoms with van der Waals surface area (Å²) in [6.45, 7) is 1.09. The van der Waals surface area contributed by atoms with Crippen LogP contribution in [0.4, 0.5) is 11.4 Å². The zero-order chi connectivity index (χ0) is 22.1. The predicted octanol–water partition coefficient (Wildman–Crippen LogP) is 3.71. The first-order valence-corrected chi connectivity index (χ1v) is 10.7. The number of carbonyl (C=O) groups excluding carboxylic acids is 3. The number of hydrogen-bond acceptors (Lipinski definition) is 5. The van der Waals surface area contributed by atoms with E-state index in [0.29, 0.717) is 37.2 Å². The van der Waals surface area contributed by atoms with Crippen molar-refractivity contribution in [1.29, 1.82) is 0 Å². The van der Waals surface area contributed by atoms with E-state index in [1.54, 1.807) is 34.1 Å². The Morgan fingerprint density at radius 1 is 1.00 bits per heavy atom. The number of hydrogen-bond donors (Lipinski definition) is 1. The van der Waals surface area contributed by atoms with Crippen LogP contribution in [0.3, 0.4) is 0 Å². The van der Waals surface area contributed by atoms with Crippen molar-refractivity contribution >= 4 is 29.1 Å². The highest BCUT2D eigenvalue weighted by Gasteiger charge is 2.34. The molecule has 1 saturated heterocycles. The molecule has 1 unspecified atom stereocenters. The van der Waals surface area contributed by atoms with E-state index >= 15 is 0 Å². The fourth-order valence-corrected chi connectivity index (χ4v) is 4.45. The van der Waals surface area contributed by atoms with Crippen molar-refractivity contribution in [1.82, 2.24) is 4.90 Å². The van der Waals surface area contributed by atoms with Crippen LogP contribution in [-0.2, 0) is 11.2 Å². The second kappa shape index (κ2) is 8.37. The highest BCUT2D eigenvalue weighted by molar-refractivity contribution is 6.07. The fraction of sp³-hybridized carbons (Fsp3) is 0.292. The fourth-order valence-electron chi connectivity index (χ4n) is 4.45. The van der Waals surface area contributed by atoms with Gasteiger partial charge in [0.2, 0.25) is 5.91 Å². The average Bonchev–Trinajstić information content (AvgIpc) is 3.59. The molecule has 32 heavy (non-hydrogen) atoms. The maximum absolute atomic E-state index is 13.1. The first-order chi connectivity index (χ1) is 15.6. The Balaban J connectivity index is 1.30. The number of amides is 3. The summed E-state index contributed by atoms with van der Waals surface area (Å²) in [5.41, 5.74) is 2.99. The van der Waals surface area contributed by atoms with Gasteiger partial charge >= 0.3 is 0 Å². The molecular formula is C24H23N3O5. The Hall–Kier alpha value is -3.81. The average molecular weight is 433 g/mol. The lowest BCUT2D eigenvalue weighted by Gasteiger charge is -2.34. The first kappa shape index (κ1) is 20.1. The number of fused-ring (bicyclic) bond motifs is 1. The molecule has 1 fully saturated rings. The van der Waals surface area contributed by atoms with Crippen LogP contribution in [-0.4, -0.2) is 41.8 Å². The molecule has 2 aromatic heterocycles. The number of rotatable bonds is 4. The van der Waals surface area contributed by atoms with Gasteiger partial charge in [0.1, 0.15) is 12.3 Å². The summed E-state index contributed by atoms with van der Waals surface area (Å²) in [5.74, 6) is -0.348. The highest BCUT2D eigenvalue weighted by Crippen LogP contribution is 2.32. The maximum atomic E-state index is 13.1. The van der Waals surface area contributed by atoms with Gasteiger partial charge in [-0.2, -0.15) is 0 Å². The number of likely N-dealkylation sites (tertiary alicyclic amines) is 1. The summed E-state index contributed by atoms with van der Waals surface area (Å²) in [6.07, 6.45) is 7.43. The van der Waals surface area contributed by atoms with E-state index < -0.39 is 6.04 Å². The minimum absolute atomic E-state index is 0.108. The summed E-state index contributed by atoms with van der Waals surface area (Å²) in [5, 5.41) is 2.96. The maximum Gasteiger partial charge on any atom is 0.290 e. The number of piperidine rings is 1. The van der Waals surface area contributed by atoms with E-state index in [1.807, 2.05) is 12.1 Å². The van der Waals surface area contributed by atoms with Crippen LogP contribution in [0.1, 0.15) is 45.7 Å². The van der Waals surface area contributed by atoms with Gasteiger partial charge in [0.05, 0.1) is 18.1 Å². The number of nitrogens with one attached hydrogen (secondary N) is 1. The van der Waals surface area contributed by atoms with Crippen molar-refractivity contribution in [3.05, 3.63) is 72.1 Å². The SMILES string of the molecule is O=C(Nc1ccc2c(c1)CCN2C(=O)c1ccoc1)C1CCCCN1C(=O)c1ccco1. The van der Waals surface area contributed by atoms with Gasteiger partial charge in [-0.3, -0.25) is 14.4 Å². The summed E-state index contributed by atoms with van der Waals surface area (Å²) in [4.78, 5) is 41.9. The number of anilines is 2. The van der Waals surface area contributed by atoms with Crippen LogP contribution in [0, 0.1) is 0 Å². The zero-order valence-electron chi connectivity index (χ0n) is 17.5. The number of nitrogens with zero attached hydrogens (tertiary/aromatic N) is 2. The van der Waals surface area contributed by atoms with Crippen LogP contribution in [0.25, 0.3) is 0 Å². The first-order valence-electron chi connectivity index (χ1n) is 10.7. The van der Waals surface area contributed by atoms with Crippen molar-refractivity contribution in [3.8, 4) is 0 Å². The minimum atomic E-state index is -0.547. The molecule has 5 rings (SSSR count). The monoisotopic (exact) mass is 433 g/mol. The van der Waals surface area contributed by atoms with Crippen molar-refractivity contribution in [3.63, 3.8) is 0 Å². The summed E-state index contributed by atoms with van der Waals surface area (Å²) in [6, 6.07) is 9.92. The van der Waals surface area contributed by atoms with Crippen molar-refractivity contribution in [2.75, 3.05) is 23.3 Å². The number of benzene rings is 1. The van der Waals surface area contributed by atoms with Gasteiger partial charge in [-0.1, -0.05) is 0 Å². The van der Waals surface area contributed by atoms with E-state index in [0.717, 1.165) is 24.1 Å². The predicted molar refractivity (Wildman–Crippen MR) is 117 cm³/mol. The molecule has 164 valence electrons. The Bertz CT molecular complexity index is 1140. The summed E-state index contributed by atoms with van der Waals surface area (Å²) >= 11 is 0. The van der Waals surface area contributed by atoms with Crippen LogP contribution in [0.2, 0.25) is 0 Å². The molecule has 2 aliphatic heterocycles. The van der Waals surface area contributed by atoms with Crippen molar-refractivity contribution in [2.45, 2.75) is 31.7 Å². The van der Waals surface area contributed by atoms with Crippen molar-refractivity contribution < 1.29 is 23.2 Å². The lowest BCUT2D eigenvalue weighted by molar-refractivity contribution is -0.121. The van der Waals surface area contributed by atoms with E-state index in [4.69, 9.17) is 8.83 Å². The lowest BCUT2D eigenvalue weighted by atomic mass is 10.0. The largest absolute Gasteiger partial charge is 0.472 e. The third-order valence-corrected chi connectivity index (χ3v) is 6.05. The third kappa shape index (κ3) is 3.68. The van der Waals surface area contributed by atoms with E-state index in [1.165, 1.54) is 18.8 Å². The molecule has 3 aromatic rings. The quantitative estimate of drug-likeness (QED) is 0.677. The molecule has 8 heteroatoms. The molecule has 1 aromatic carbocycles. The molecule has 4 heterocycles. The lowest BCUT2D eigenvalue weighted by Crippen LogP contribution is -2.49. The second-order valence-electron chi connectivity index (χ2n) is 8.04. The molecule has 1 atom stereocenters. The topological polar surface area (TPSA) is 96.0 Å². The van der Waals surface area contributed by atoms with Gasteiger partial charge in [0, 0.05) is 24.5 Å².